The number of furan rings is 1. The Bertz CT molecular complexity index is 620. The molecule has 5 nitrogen and oxygen atoms in total. The van der Waals surface area contributed by atoms with Crippen molar-refractivity contribution in [3.63, 3.8) is 0 Å². The fraction of sp³-hybridized carbons (Fsp3) is 0.353. The zero-order valence-electron chi connectivity index (χ0n) is 13.8. The fourth-order valence-corrected chi connectivity index (χ4v) is 2.21. The summed E-state index contributed by atoms with van der Waals surface area (Å²) in [6, 6.07) is 11.2. The second-order valence-electron chi connectivity index (χ2n) is 5.10. The normalized spacial score (nSPS) is 12.2. The average Bonchev–Trinajstić information content (AvgIpc) is 3.04. The molecule has 24 heavy (non-hydrogen) atoms. The highest BCUT2D eigenvalue weighted by atomic mass is 127. The van der Waals surface area contributed by atoms with Crippen LogP contribution in [0.4, 0.5) is 0 Å². The molecule has 0 bridgehead atoms. The summed E-state index contributed by atoms with van der Waals surface area (Å²) in [5.41, 5.74) is 0. The van der Waals surface area contributed by atoms with Gasteiger partial charge in [0.05, 0.1) is 12.8 Å². The van der Waals surface area contributed by atoms with Gasteiger partial charge in [0.15, 0.2) is 5.96 Å². The van der Waals surface area contributed by atoms with Gasteiger partial charge in [-0.15, -0.1) is 24.0 Å². The summed E-state index contributed by atoms with van der Waals surface area (Å²) in [6.45, 7) is 3.37. The number of halogens is 2. The summed E-state index contributed by atoms with van der Waals surface area (Å²) in [6.07, 6.45) is 2.47. The van der Waals surface area contributed by atoms with Crippen molar-refractivity contribution in [2.45, 2.75) is 19.4 Å². The molecule has 0 radical (unpaired) electrons. The van der Waals surface area contributed by atoms with Crippen LogP contribution in [0.25, 0.3) is 0 Å². The van der Waals surface area contributed by atoms with Gasteiger partial charge in [0, 0.05) is 25.0 Å². The van der Waals surface area contributed by atoms with Crippen LogP contribution < -0.4 is 15.4 Å². The van der Waals surface area contributed by atoms with Crippen LogP contribution >= 0.6 is 35.6 Å². The summed E-state index contributed by atoms with van der Waals surface area (Å²) < 4.78 is 11.1. The molecule has 0 fully saturated rings. The summed E-state index contributed by atoms with van der Waals surface area (Å²) in [5, 5.41) is 7.14. The first-order valence-electron chi connectivity index (χ1n) is 7.56. The van der Waals surface area contributed by atoms with Crippen molar-refractivity contribution in [3.8, 4) is 5.75 Å². The SMILES string of the molecule is CN=C(NCCc1ccco1)NCC(C)Oc1cccc(Cl)c1.I. The fourth-order valence-electron chi connectivity index (χ4n) is 2.03. The Morgan fingerprint density at radius 1 is 1.29 bits per heavy atom. The van der Waals surface area contributed by atoms with Crippen molar-refractivity contribution in [1.82, 2.24) is 10.6 Å². The largest absolute Gasteiger partial charge is 0.489 e. The molecule has 1 aromatic carbocycles. The van der Waals surface area contributed by atoms with Crippen molar-refractivity contribution in [1.29, 1.82) is 0 Å². The summed E-state index contributed by atoms with van der Waals surface area (Å²) in [5.74, 6) is 2.44. The summed E-state index contributed by atoms with van der Waals surface area (Å²) in [7, 11) is 1.74. The maximum Gasteiger partial charge on any atom is 0.191 e. The molecule has 0 saturated heterocycles. The van der Waals surface area contributed by atoms with Crippen LogP contribution in [0.1, 0.15) is 12.7 Å². The maximum atomic E-state index is 5.95. The molecule has 7 heteroatoms. The second-order valence-corrected chi connectivity index (χ2v) is 5.53. The first-order valence-corrected chi connectivity index (χ1v) is 7.94. The number of rotatable bonds is 7. The van der Waals surface area contributed by atoms with E-state index in [2.05, 4.69) is 15.6 Å². The molecule has 0 aliphatic heterocycles. The molecule has 132 valence electrons. The minimum Gasteiger partial charge on any atom is -0.489 e. The Balaban J connectivity index is 0.00000288. The topological polar surface area (TPSA) is 58.8 Å². The highest BCUT2D eigenvalue weighted by molar-refractivity contribution is 14.0. The average molecular weight is 464 g/mol. The number of benzene rings is 1. The standard InChI is InChI=1S/C17H22ClN3O2.HI/c1-13(23-16-6-3-5-14(18)11-16)12-21-17(19-2)20-9-8-15-7-4-10-22-15;/h3-7,10-11,13H,8-9,12H2,1-2H3,(H2,19,20,21);1H. The Morgan fingerprint density at radius 2 is 2.12 bits per heavy atom. The van der Waals surface area contributed by atoms with E-state index < -0.39 is 0 Å². The Kier molecular flexibility index (Phi) is 9.63. The van der Waals surface area contributed by atoms with Crippen LogP contribution in [-0.4, -0.2) is 32.2 Å². The van der Waals surface area contributed by atoms with Gasteiger partial charge in [-0.05, 0) is 37.3 Å². The molecular formula is C17H23ClIN3O2. The first kappa shape index (κ1) is 20.6. The number of hydrogen-bond donors (Lipinski definition) is 2. The molecule has 1 aromatic heterocycles. The van der Waals surface area contributed by atoms with Crippen LogP contribution in [0.2, 0.25) is 5.02 Å². The van der Waals surface area contributed by atoms with E-state index in [1.165, 1.54) is 0 Å². The lowest BCUT2D eigenvalue weighted by molar-refractivity contribution is 0.224. The van der Waals surface area contributed by atoms with Gasteiger partial charge >= 0.3 is 0 Å². The monoisotopic (exact) mass is 463 g/mol. The molecule has 1 unspecified atom stereocenters. The van der Waals surface area contributed by atoms with Gasteiger partial charge in [0.2, 0.25) is 0 Å². The predicted octanol–water partition coefficient (Wildman–Crippen LogP) is 3.73. The van der Waals surface area contributed by atoms with E-state index in [9.17, 15) is 0 Å². The van der Waals surface area contributed by atoms with Crippen molar-refractivity contribution in [3.05, 3.63) is 53.4 Å². The van der Waals surface area contributed by atoms with Gasteiger partial charge < -0.3 is 19.8 Å². The lowest BCUT2D eigenvalue weighted by atomic mass is 10.3. The molecule has 1 atom stereocenters. The summed E-state index contributed by atoms with van der Waals surface area (Å²) >= 11 is 5.95. The third kappa shape index (κ3) is 7.44. The number of nitrogens with one attached hydrogen (secondary N) is 2. The molecule has 0 aliphatic rings. The van der Waals surface area contributed by atoms with Gasteiger partial charge in [-0.1, -0.05) is 17.7 Å². The highest BCUT2D eigenvalue weighted by Crippen LogP contribution is 2.18. The molecule has 0 spiro atoms. The Hall–Kier alpha value is -1.41. The quantitative estimate of drug-likeness (QED) is 0.373. The molecule has 1 heterocycles. The molecule has 0 saturated carbocycles. The summed E-state index contributed by atoms with van der Waals surface area (Å²) in [4.78, 5) is 4.19. The number of aliphatic imine (C=N–C) groups is 1. The minimum absolute atomic E-state index is 0. The predicted molar refractivity (Wildman–Crippen MR) is 109 cm³/mol. The maximum absolute atomic E-state index is 5.95. The van der Waals surface area contributed by atoms with E-state index in [0.717, 1.165) is 30.4 Å². The third-order valence-corrected chi connectivity index (χ3v) is 3.39. The van der Waals surface area contributed by atoms with E-state index in [1.54, 1.807) is 19.4 Å². The van der Waals surface area contributed by atoms with Gasteiger partial charge in [-0.3, -0.25) is 4.99 Å². The van der Waals surface area contributed by atoms with Crippen molar-refractivity contribution in [2.24, 2.45) is 4.99 Å². The first-order chi connectivity index (χ1) is 11.2. The van der Waals surface area contributed by atoms with Crippen LogP contribution in [0.15, 0.2) is 52.1 Å². The van der Waals surface area contributed by atoms with E-state index >= 15 is 0 Å². The number of hydrogen-bond acceptors (Lipinski definition) is 3. The van der Waals surface area contributed by atoms with Crippen LogP contribution in [0, 0.1) is 0 Å². The van der Waals surface area contributed by atoms with Crippen molar-refractivity contribution < 1.29 is 9.15 Å². The van der Waals surface area contributed by atoms with Crippen LogP contribution in [0.5, 0.6) is 5.75 Å². The smallest absolute Gasteiger partial charge is 0.191 e. The third-order valence-electron chi connectivity index (χ3n) is 3.16. The zero-order chi connectivity index (χ0) is 16.5. The van der Waals surface area contributed by atoms with E-state index in [0.29, 0.717) is 11.6 Å². The molecular weight excluding hydrogens is 441 g/mol. The van der Waals surface area contributed by atoms with E-state index in [-0.39, 0.29) is 30.1 Å². The molecule has 2 rings (SSSR count). The number of ether oxygens (including phenoxy) is 1. The lowest BCUT2D eigenvalue weighted by Gasteiger charge is -2.17. The Labute approximate surface area is 164 Å². The van der Waals surface area contributed by atoms with Crippen molar-refractivity contribution >= 4 is 41.5 Å². The number of guanidine groups is 1. The lowest BCUT2D eigenvalue weighted by Crippen LogP contribution is -2.42. The van der Waals surface area contributed by atoms with Gasteiger partial charge in [0.25, 0.3) is 0 Å². The van der Waals surface area contributed by atoms with Crippen LogP contribution in [0.3, 0.4) is 0 Å². The van der Waals surface area contributed by atoms with E-state index in [4.69, 9.17) is 20.8 Å². The number of nitrogens with zero attached hydrogens (tertiary/aromatic N) is 1. The zero-order valence-corrected chi connectivity index (χ0v) is 16.9. The van der Waals surface area contributed by atoms with E-state index in [1.807, 2.05) is 37.3 Å². The second kappa shape index (κ2) is 11.2. The molecule has 0 aliphatic carbocycles. The van der Waals surface area contributed by atoms with Gasteiger partial charge in [-0.2, -0.15) is 0 Å². The van der Waals surface area contributed by atoms with Crippen molar-refractivity contribution in [2.75, 3.05) is 20.1 Å². The van der Waals surface area contributed by atoms with Gasteiger partial charge in [0.1, 0.15) is 17.6 Å². The van der Waals surface area contributed by atoms with Crippen LogP contribution in [-0.2, 0) is 6.42 Å². The molecule has 2 aromatic rings. The molecule has 0 amide bonds. The van der Waals surface area contributed by atoms with Gasteiger partial charge in [-0.25, -0.2) is 0 Å². The Morgan fingerprint density at radius 3 is 2.79 bits per heavy atom. The minimum atomic E-state index is -0.0166. The highest BCUT2D eigenvalue weighted by Gasteiger charge is 2.06. The molecule has 2 N–H and O–H groups in total.